The predicted molar refractivity (Wildman–Crippen MR) is 147 cm³/mol. The van der Waals surface area contributed by atoms with Crippen molar-refractivity contribution >= 4 is 35.0 Å². The van der Waals surface area contributed by atoms with E-state index in [-0.39, 0.29) is 44.3 Å². The normalized spacial score (nSPS) is 22.3. The molecule has 3 amide bonds. The molecule has 42 heavy (non-hydrogen) atoms. The lowest BCUT2D eigenvalue weighted by Gasteiger charge is -2.38. The number of benzene rings is 1. The molecule has 5 heterocycles. The van der Waals surface area contributed by atoms with Crippen LogP contribution in [-0.2, 0) is 38.1 Å². The molecule has 3 aliphatic heterocycles. The lowest BCUT2D eigenvalue weighted by Crippen LogP contribution is -2.51. The van der Waals surface area contributed by atoms with Crippen LogP contribution in [0.5, 0.6) is 0 Å². The molecule has 1 fully saturated rings. The number of carbonyl (C=O) groups is 3. The molecule has 1 aromatic carbocycles. The minimum absolute atomic E-state index is 0.109. The summed E-state index contributed by atoms with van der Waals surface area (Å²) in [7, 11) is 0. The van der Waals surface area contributed by atoms with Gasteiger partial charge in [0.2, 0.25) is 17.7 Å². The number of fused-ring (bicyclic) bond motifs is 5. The first-order valence-corrected chi connectivity index (χ1v) is 13.8. The first-order valence-electron chi connectivity index (χ1n) is 13.8. The minimum Gasteiger partial charge on any atom is -0.310 e. The highest BCUT2D eigenvalue weighted by atomic mass is 19.4. The maximum atomic E-state index is 13.8. The minimum atomic E-state index is -4.30. The van der Waals surface area contributed by atoms with Gasteiger partial charge in [0.15, 0.2) is 0 Å². The van der Waals surface area contributed by atoms with Crippen molar-refractivity contribution in [2.75, 3.05) is 41.7 Å². The van der Waals surface area contributed by atoms with Crippen molar-refractivity contribution in [3.63, 3.8) is 0 Å². The number of para-hydroxylation sites is 1. The van der Waals surface area contributed by atoms with Crippen LogP contribution in [0.3, 0.4) is 0 Å². The number of halogens is 3. The van der Waals surface area contributed by atoms with Gasteiger partial charge in [-0.25, -0.2) is 9.97 Å². The number of nitrogens with one attached hydrogen (secondary N) is 2. The summed E-state index contributed by atoms with van der Waals surface area (Å²) in [6, 6.07) is 12.7. The van der Waals surface area contributed by atoms with Crippen LogP contribution in [0.1, 0.15) is 35.1 Å². The van der Waals surface area contributed by atoms with E-state index in [1.54, 1.807) is 36.7 Å². The largest absolute Gasteiger partial charge is 0.401 e. The number of hydrogen-bond acceptors (Lipinski definition) is 6. The number of likely N-dealkylation sites (tertiary alicyclic amines) is 1. The second-order valence-electron chi connectivity index (χ2n) is 11.6. The number of anilines is 3. The van der Waals surface area contributed by atoms with Gasteiger partial charge < -0.3 is 15.5 Å². The van der Waals surface area contributed by atoms with Crippen LogP contribution in [0.15, 0.2) is 54.9 Å². The first-order chi connectivity index (χ1) is 20.1. The molecule has 1 saturated heterocycles. The molecule has 0 saturated carbocycles. The molecule has 2 N–H and O–H groups in total. The van der Waals surface area contributed by atoms with E-state index < -0.39 is 29.5 Å². The number of amides is 3. The van der Waals surface area contributed by atoms with Gasteiger partial charge in [-0.3, -0.25) is 19.3 Å². The van der Waals surface area contributed by atoms with Crippen molar-refractivity contribution in [2.45, 2.75) is 42.7 Å². The molecule has 3 aromatic rings. The molecule has 216 valence electrons. The fourth-order valence-corrected chi connectivity index (χ4v) is 7.13. The third kappa shape index (κ3) is 4.15. The maximum Gasteiger partial charge on any atom is 0.401 e. The number of pyridine rings is 2. The topological polar surface area (TPSA) is 108 Å². The fraction of sp³-hybridized carbons (Fsp3) is 0.367. The summed E-state index contributed by atoms with van der Waals surface area (Å²) in [5.74, 6) is 0.0566. The molecule has 1 aliphatic carbocycles. The molecule has 2 spiro atoms. The number of nitrogens with zero attached hydrogens (tertiary/aromatic N) is 4. The van der Waals surface area contributed by atoms with Gasteiger partial charge in [-0.1, -0.05) is 24.3 Å². The Bertz CT molecular complexity index is 1630. The van der Waals surface area contributed by atoms with Gasteiger partial charge in [0.25, 0.3) is 0 Å². The zero-order valence-electron chi connectivity index (χ0n) is 22.5. The fourth-order valence-electron chi connectivity index (χ4n) is 7.13. The first kappa shape index (κ1) is 26.6. The Morgan fingerprint density at radius 1 is 0.976 bits per heavy atom. The Morgan fingerprint density at radius 2 is 1.71 bits per heavy atom. The third-order valence-electron chi connectivity index (χ3n) is 9.10. The van der Waals surface area contributed by atoms with Crippen LogP contribution in [-0.4, -0.2) is 64.9 Å². The molecule has 0 bridgehead atoms. The number of aromatic nitrogens is 2. The molecule has 1 unspecified atom stereocenters. The molecule has 12 heteroatoms. The molecule has 7 rings (SSSR count). The van der Waals surface area contributed by atoms with Gasteiger partial charge in [-0.05, 0) is 73.7 Å². The zero-order chi connectivity index (χ0) is 29.3. The molecule has 4 aliphatic rings. The number of carbonyl (C=O) groups excluding carboxylic acids is 3. The van der Waals surface area contributed by atoms with Gasteiger partial charge in [-0.15, -0.1) is 0 Å². The molecule has 0 radical (unpaired) electrons. The van der Waals surface area contributed by atoms with Crippen LogP contribution in [0.25, 0.3) is 0 Å². The van der Waals surface area contributed by atoms with E-state index in [1.165, 1.54) is 9.80 Å². The van der Waals surface area contributed by atoms with Gasteiger partial charge >= 0.3 is 6.18 Å². The highest BCUT2D eigenvalue weighted by Gasteiger charge is 2.53. The van der Waals surface area contributed by atoms with Gasteiger partial charge in [0, 0.05) is 23.6 Å². The Balaban J connectivity index is 1.07. The van der Waals surface area contributed by atoms with E-state index in [1.807, 2.05) is 18.2 Å². The van der Waals surface area contributed by atoms with Crippen molar-refractivity contribution in [1.29, 1.82) is 0 Å². The van der Waals surface area contributed by atoms with Crippen molar-refractivity contribution in [1.82, 2.24) is 14.9 Å². The van der Waals surface area contributed by atoms with Crippen molar-refractivity contribution in [3.8, 4) is 0 Å². The van der Waals surface area contributed by atoms with E-state index in [0.29, 0.717) is 30.2 Å². The molecular formula is C30H27F3N6O3. The third-order valence-corrected chi connectivity index (χ3v) is 9.10. The molecule has 2 aromatic heterocycles. The number of hydrogen-bond donors (Lipinski definition) is 2. The maximum absolute atomic E-state index is 13.8. The van der Waals surface area contributed by atoms with Crippen LogP contribution in [0, 0.1) is 0 Å². The second-order valence-corrected chi connectivity index (χ2v) is 11.6. The average Bonchev–Trinajstić information content (AvgIpc) is 3.54. The quantitative estimate of drug-likeness (QED) is 0.494. The summed E-state index contributed by atoms with van der Waals surface area (Å²) >= 11 is 0. The predicted octanol–water partition coefficient (Wildman–Crippen LogP) is 3.35. The summed E-state index contributed by atoms with van der Waals surface area (Å²) in [4.78, 5) is 51.4. The van der Waals surface area contributed by atoms with Gasteiger partial charge in [0.05, 0.1) is 17.4 Å². The summed E-state index contributed by atoms with van der Waals surface area (Å²) in [5, 5.41) is 5.66. The lowest BCUT2D eigenvalue weighted by atomic mass is 9.73. The molecular weight excluding hydrogens is 549 g/mol. The van der Waals surface area contributed by atoms with Gasteiger partial charge in [-0.2, -0.15) is 13.2 Å². The van der Waals surface area contributed by atoms with E-state index in [2.05, 4.69) is 20.6 Å². The zero-order valence-corrected chi connectivity index (χ0v) is 22.5. The smallest absolute Gasteiger partial charge is 0.310 e. The second kappa shape index (κ2) is 9.35. The number of alkyl halides is 3. The SMILES string of the molecule is O=C(CN1C(=O)C2(CCN(CC(F)(F)F)CC2)c2ccccc21)Nc1cc2c(cn1)CC1(C2)C(=O)Nc2ncccc21. The number of piperidine rings is 1. The van der Waals surface area contributed by atoms with Crippen molar-refractivity contribution < 1.29 is 27.6 Å². The summed E-state index contributed by atoms with van der Waals surface area (Å²) < 4.78 is 38.8. The summed E-state index contributed by atoms with van der Waals surface area (Å²) in [6.07, 6.45) is 0.428. The highest BCUT2D eigenvalue weighted by molar-refractivity contribution is 6.12. The molecule has 9 nitrogen and oxygen atoms in total. The van der Waals surface area contributed by atoms with Crippen molar-refractivity contribution in [2.24, 2.45) is 0 Å². The Kier molecular flexibility index (Phi) is 5.91. The van der Waals surface area contributed by atoms with E-state index in [0.717, 1.165) is 22.3 Å². The highest BCUT2D eigenvalue weighted by Crippen LogP contribution is 2.49. The van der Waals surface area contributed by atoms with Crippen LogP contribution >= 0.6 is 0 Å². The summed E-state index contributed by atoms with van der Waals surface area (Å²) in [6.45, 7) is -0.987. The number of rotatable bonds is 4. The summed E-state index contributed by atoms with van der Waals surface area (Å²) in [5.41, 5.74) is 2.31. The standard InChI is InChI=1S/C30H27F3N6O3/c31-30(32,33)17-38-10-7-28(8-11-38)20-4-1-2-6-22(20)39(27(28)42)16-24(40)36-23-12-18-13-29(14-19(18)15-35-23)21-5-3-9-34-25(21)37-26(29)41/h1-6,9,12,15H,7-8,10-11,13-14,16-17H2,(H,34,37,41)(H,35,36,40). The molecule has 1 atom stereocenters. The Labute approximate surface area is 239 Å². The van der Waals surface area contributed by atoms with Crippen molar-refractivity contribution in [3.05, 3.63) is 77.1 Å². The lowest BCUT2D eigenvalue weighted by molar-refractivity contribution is -0.150. The Morgan fingerprint density at radius 3 is 2.50 bits per heavy atom. The monoisotopic (exact) mass is 576 g/mol. The van der Waals surface area contributed by atoms with E-state index in [9.17, 15) is 27.6 Å². The van der Waals surface area contributed by atoms with Crippen LogP contribution in [0.2, 0.25) is 0 Å². The van der Waals surface area contributed by atoms with Gasteiger partial charge in [0.1, 0.15) is 18.2 Å². The Hall–Kier alpha value is -4.32. The van der Waals surface area contributed by atoms with E-state index >= 15 is 0 Å². The van der Waals surface area contributed by atoms with E-state index in [4.69, 9.17) is 0 Å². The van der Waals surface area contributed by atoms with Crippen LogP contribution < -0.4 is 15.5 Å². The van der Waals surface area contributed by atoms with Crippen LogP contribution in [0.4, 0.5) is 30.5 Å². The average molecular weight is 577 g/mol.